The van der Waals surface area contributed by atoms with Crippen LogP contribution in [-0.4, -0.2) is 62.1 Å². The second kappa shape index (κ2) is 8.84. The Morgan fingerprint density at radius 3 is 2.48 bits per heavy atom. The van der Waals surface area contributed by atoms with E-state index in [1.807, 2.05) is 0 Å². The molecule has 1 aromatic rings. The van der Waals surface area contributed by atoms with E-state index in [0.717, 1.165) is 38.3 Å². The van der Waals surface area contributed by atoms with Crippen LogP contribution in [0.3, 0.4) is 0 Å². The first-order valence-corrected chi connectivity index (χ1v) is 8.20. The number of hydrogen-bond donors (Lipinski definition) is 2. The molecule has 0 aromatic heterocycles. The summed E-state index contributed by atoms with van der Waals surface area (Å²) < 4.78 is 12.8. The Morgan fingerprint density at radius 1 is 1.17 bits per heavy atom. The van der Waals surface area contributed by atoms with Gasteiger partial charge in [-0.25, -0.2) is 9.18 Å². The Morgan fingerprint density at radius 2 is 1.83 bits per heavy atom. The van der Waals surface area contributed by atoms with Crippen molar-refractivity contribution in [3.8, 4) is 0 Å². The molecule has 2 N–H and O–H groups in total. The summed E-state index contributed by atoms with van der Waals surface area (Å²) in [5.41, 5.74) is 0.882. The van der Waals surface area contributed by atoms with Gasteiger partial charge in [-0.1, -0.05) is 19.1 Å². The van der Waals surface area contributed by atoms with E-state index in [1.54, 1.807) is 12.1 Å². The monoisotopic (exact) mass is 322 g/mol. The van der Waals surface area contributed by atoms with Gasteiger partial charge in [-0.05, 0) is 30.7 Å². The summed E-state index contributed by atoms with van der Waals surface area (Å²) in [6.45, 7) is 8.62. The summed E-state index contributed by atoms with van der Waals surface area (Å²) in [5.74, 6) is 0.144. The van der Waals surface area contributed by atoms with Gasteiger partial charge < -0.3 is 20.4 Å². The van der Waals surface area contributed by atoms with Crippen molar-refractivity contribution in [2.45, 2.75) is 13.5 Å². The van der Waals surface area contributed by atoms with Gasteiger partial charge in [-0.3, -0.25) is 0 Å². The SMILES string of the molecule is C[C@@H](CNC(=O)NCc1ccc(F)cc1)CN1CCN(C)CC1. The Labute approximate surface area is 137 Å². The second-order valence-electron chi connectivity index (χ2n) is 6.40. The van der Waals surface area contributed by atoms with Crippen LogP contribution in [0.25, 0.3) is 0 Å². The van der Waals surface area contributed by atoms with Gasteiger partial charge in [0.05, 0.1) is 0 Å². The topological polar surface area (TPSA) is 47.6 Å². The van der Waals surface area contributed by atoms with Crippen molar-refractivity contribution in [1.82, 2.24) is 20.4 Å². The van der Waals surface area contributed by atoms with Gasteiger partial charge in [0.1, 0.15) is 5.82 Å². The molecular formula is C17H27FN4O. The van der Waals surface area contributed by atoms with Gasteiger partial charge in [-0.15, -0.1) is 0 Å². The summed E-state index contributed by atoms with van der Waals surface area (Å²) in [6, 6.07) is 5.96. The highest BCUT2D eigenvalue weighted by atomic mass is 19.1. The van der Waals surface area contributed by atoms with E-state index in [1.165, 1.54) is 12.1 Å². The first-order valence-electron chi connectivity index (χ1n) is 8.20. The molecule has 1 aliphatic rings. The number of carbonyl (C=O) groups is 1. The van der Waals surface area contributed by atoms with Crippen molar-refractivity contribution in [2.75, 3.05) is 46.3 Å². The molecule has 1 heterocycles. The lowest BCUT2D eigenvalue weighted by Crippen LogP contribution is -2.47. The lowest BCUT2D eigenvalue weighted by atomic mass is 10.1. The molecule has 0 saturated carbocycles. The van der Waals surface area contributed by atoms with E-state index in [-0.39, 0.29) is 11.8 Å². The standard InChI is InChI=1S/C17H27FN4O/c1-14(13-22-9-7-21(2)8-10-22)11-19-17(23)20-12-15-3-5-16(18)6-4-15/h3-6,14H,7-13H2,1-2H3,(H2,19,20,23)/t14-/m0/s1. The summed E-state index contributed by atoms with van der Waals surface area (Å²) in [7, 11) is 2.15. The van der Waals surface area contributed by atoms with E-state index in [9.17, 15) is 9.18 Å². The third-order valence-corrected chi connectivity index (χ3v) is 4.14. The van der Waals surface area contributed by atoms with Crippen LogP contribution in [0.15, 0.2) is 24.3 Å². The number of piperazine rings is 1. The normalized spacial score (nSPS) is 17.7. The quantitative estimate of drug-likeness (QED) is 0.835. The maximum absolute atomic E-state index is 12.8. The molecule has 0 radical (unpaired) electrons. The van der Waals surface area contributed by atoms with Gasteiger partial charge in [0, 0.05) is 45.8 Å². The summed E-state index contributed by atoms with van der Waals surface area (Å²) >= 11 is 0. The number of benzene rings is 1. The molecule has 0 bridgehead atoms. The maximum Gasteiger partial charge on any atom is 0.315 e. The molecule has 1 aromatic carbocycles. The van der Waals surface area contributed by atoms with Crippen LogP contribution in [-0.2, 0) is 6.54 Å². The van der Waals surface area contributed by atoms with Crippen LogP contribution in [0.4, 0.5) is 9.18 Å². The minimum Gasteiger partial charge on any atom is -0.338 e. The molecule has 23 heavy (non-hydrogen) atoms. The number of nitrogens with one attached hydrogen (secondary N) is 2. The minimum absolute atomic E-state index is 0.181. The molecule has 6 heteroatoms. The predicted molar refractivity (Wildman–Crippen MR) is 89.7 cm³/mol. The molecule has 128 valence electrons. The van der Waals surface area contributed by atoms with Crippen molar-refractivity contribution in [3.63, 3.8) is 0 Å². The number of halogens is 1. The molecule has 0 spiro atoms. The highest BCUT2D eigenvalue weighted by Crippen LogP contribution is 2.04. The average Bonchev–Trinajstić information content (AvgIpc) is 2.54. The number of hydrogen-bond acceptors (Lipinski definition) is 3. The highest BCUT2D eigenvalue weighted by Gasteiger charge is 2.16. The number of nitrogens with zero attached hydrogens (tertiary/aromatic N) is 2. The van der Waals surface area contributed by atoms with Crippen LogP contribution < -0.4 is 10.6 Å². The van der Waals surface area contributed by atoms with E-state index in [4.69, 9.17) is 0 Å². The zero-order valence-corrected chi connectivity index (χ0v) is 14.0. The number of amides is 2. The van der Waals surface area contributed by atoms with Gasteiger partial charge in [0.25, 0.3) is 0 Å². The fourth-order valence-electron chi connectivity index (χ4n) is 2.65. The lowest BCUT2D eigenvalue weighted by Gasteiger charge is -2.33. The first-order chi connectivity index (χ1) is 11.0. The van der Waals surface area contributed by atoms with E-state index in [0.29, 0.717) is 19.0 Å². The molecule has 2 amide bonds. The van der Waals surface area contributed by atoms with Gasteiger partial charge >= 0.3 is 6.03 Å². The molecular weight excluding hydrogens is 295 g/mol. The van der Waals surface area contributed by atoms with Crippen molar-refractivity contribution in [3.05, 3.63) is 35.6 Å². The number of carbonyl (C=O) groups excluding carboxylic acids is 1. The fraction of sp³-hybridized carbons (Fsp3) is 0.588. The van der Waals surface area contributed by atoms with Crippen molar-refractivity contribution >= 4 is 6.03 Å². The number of urea groups is 1. The third kappa shape index (κ3) is 6.54. The molecule has 1 atom stereocenters. The van der Waals surface area contributed by atoms with Crippen LogP contribution in [0, 0.1) is 11.7 Å². The Bertz CT molecular complexity index is 486. The maximum atomic E-state index is 12.8. The largest absolute Gasteiger partial charge is 0.338 e. The summed E-state index contributed by atoms with van der Waals surface area (Å²) in [4.78, 5) is 16.6. The van der Waals surface area contributed by atoms with E-state index in [2.05, 4.69) is 34.4 Å². The molecule has 0 unspecified atom stereocenters. The summed E-state index contributed by atoms with van der Waals surface area (Å²) in [6.07, 6.45) is 0. The average molecular weight is 322 g/mol. The molecule has 1 aliphatic heterocycles. The molecule has 2 rings (SSSR count). The molecule has 1 fully saturated rings. The van der Waals surface area contributed by atoms with Gasteiger partial charge in [0.2, 0.25) is 0 Å². The third-order valence-electron chi connectivity index (χ3n) is 4.14. The minimum atomic E-state index is -0.268. The van der Waals surface area contributed by atoms with Gasteiger partial charge in [0.15, 0.2) is 0 Å². The first kappa shape index (κ1) is 17.7. The smallest absolute Gasteiger partial charge is 0.315 e. The van der Waals surface area contributed by atoms with Crippen molar-refractivity contribution < 1.29 is 9.18 Å². The number of rotatable bonds is 6. The van der Waals surface area contributed by atoms with Gasteiger partial charge in [-0.2, -0.15) is 0 Å². The molecule has 5 nitrogen and oxygen atoms in total. The van der Waals surface area contributed by atoms with Crippen molar-refractivity contribution in [2.24, 2.45) is 5.92 Å². The predicted octanol–water partition coefficient (Wildman–Crippen LogP) is 1.51. The zero-order chi connectivity index (χ0) is 16.7. The highest BCUT2D eigenvalue weighted by molar-refractivity contribution is 5.73. The Balaban J connectivity index is 1.60. The van der Waals surface area contributed by atoms with Crippen LogP contribution in [0.5, 0.6) is 0 Å². The second-order valence-corrected chi connectivity index (χ2v) is 6.40. The lowest BCUT2D eigenvalue weighted by molar-refractivity contribution is 0.138. The number of likely N-dealkylation sites (N-methyl/N-ethyl adjacent to an activating group) is 1. The summed E-state index contributed by atoms with van der Waals surface area (Å²) in [5, 5.41) is 5.69. The van der Waals surface area contributed by atoms with Crippen LogP contribution in [0.1, 0.15) is 12.5 Å². The Hall–Kier alpha value is -1.66. The fourth-order valence-corrected chi connectivity index (χ4v) is 2.65. The molecule has 0 aliphatic carbocycles. The van der Waals surface area contributed by atoms with E-state index >= 15 is 0 Å². The van der Waals surface area contributed by atoms with Crippen molar-refractivity contribution in [1.29, 1.82) is 0 Å². The Kier molecular flexibility index (Phi) is 6.80. The van der Waals surface area contributed by atoms with Crippen LogP contribution >= 0.6 is 0 Å². The zero-order valence-electron chi connectivity index (χ0n) is 14.0. The van der Waals surface area contributed by atoms with E-state index < -0.39 is 0 Å². The van der Waals surface area contributed by atoms with Crippen LogP contribution in [0.2, 0.25) is 0 Å². The molecule has 1 saturated heterocycles.